The third-order valence-corrected chi connectivity index (χ3v) is 4.11. The molecule has 3 rings (SSSR count). The Bertz CT molecular complexity index is 394. The molecular formula is C12H18N4. The van der Waals surface area contributed by atoms with Crippen molar-refractivity contribution >= 4 is 5.82 Å². The summed E-state index contributed by atoms with van der Waals surface area (Å²) in [6.07, 6.45) is 1.64. The van der Waals surface area contributed by atoms with E-state index in [1.54, 1.807) is 6.33 Å². The first kappa shape index (κ1) is 10.0. The van der Waals surface area contributed by atoms with Crippen molar-refractivity contribution in [2.45, 2.75) is 13.8 Å². The molecule has 2 aliphatic rings. The van der Waals surface area contributed by atoms with Crippen molar-refractivity contribution in [3.8, 4) is 0 Å². The molecule has 4 nitrogen and oxygen atoms in total. The van der Waals surface area contributed by atoms with Crippen molar-refractivity contribution in [3.05, 3.63) is 17.6 Å². The van der Waals surface area contributed by atoms with Crippen LogP contribution in [0.4, 0.5) is 5.82 Å². The molecule has 16 heavy (non-hydrogen) atoms. The van der Waals surface area contributed by atoms with E-state index in [1.165, 1.54) is 18.7 Å². The Morgan fingerprint density at radius 1 is 1.31 bits per heavy atom. The van der Waals surface area contributed by atoms with Crippen molar-refractivity contribution < 1.29 is 0 Å². The van der Waals surface area contributed by atoms with Gasteiger partial charge in [0.25, 0.3) is 0 Å². The van der Waals surface area contributed by atoms with E-state index < -0.39 is 0 Å². The van der Waals surface area contributed by atoms with E-state index >= 15 is 0 Å². The molecule has 2 atom stereocenters. The van der Waals surface area contributed by atoms with E-state index in [0.29, 0.717) is 0 Å². The lowest BCUT2D eigenvalue weighted by molar-refractivity contribution is 0.614. The van der Waals surface area contributed by atoms with Crippen LogP contribution in [0.3, 0.4) is 0 Å². The number of aromatic nitrogens is 2. The number of fused-ring (bicyclic) bond motifs is 1. The van der Waals surface area contributed by atoms with Crippen LogP contribution in [0.25, 0.3) is 0 Å². The highest BCUT2D eigenvalue weighted by Crippen LogP contribution is 2.48. The highest BCUT2D eigenvalue weighted by molar-refractivity contribution is 5.44. The maximum absolute atomic E-state index is 4.29. The van der Waals surface area contributed by atoms with Crippen molar-refractivity contribution in [2.24, 2.45) is 17.8 Å². The molecule has 86 valence electrons. The average molecular weight is 218 g/mol. The van der Waals surface area contributed by atoms with Crippen LogP contribution in [0.15, 0.2) is 6.33 Å². The summed E-state index contributed by atoms with van der Waals surface area (Å²) in [5.41, 5.74) is 2.24. The van der Waals surface area contributed by atoms with E-state index in [4.69, 9.17) is 0 Å². The van der Waals surface area contributed by atoms with Gasteiger partial charge in [0.15, 0.2) is 0 Å². The van der Waals surface area contributed by atoms with Crippen LogP contribution >= 0.6 is 0 Å². The van der Waals surface area contributed by atoms with Crippen LogP contribution in [-0.2, 0) is 0 Å². The maximum atomic E-state index is 4.29. The number of aryl methyl sites for hydroxylation is 1. The first-order valence-electron chi connectivity index (χ1n) is 6.00. The largest absolute Gasteiger partial charge is 0.369 e. The second-order valence-corrected chi connectivity index (χ2v) is 4.96. The van der Waals surface area contributed by atoms with Gasteiger partial charge in [-0.2, -0.15) is 0 Å². The molecule has 1 aromatic rings. The number of anilines is 1. The fourth-order valence-electron chi connectivity index (χ4n) is 2.78. The minimum Gasteiger partial charge on any atom is -0.369 e. The van der Waals surface area contributed by atoms with Gasteiger partial charge >= 0.3 is 0 Å². The van der Waals surface area contributed by atoms with E-state index in [2.05, 4.69) is 27.5 Å². The van der Waals surface area contributed by atoms with E-state index in [9.17, 15) is 0 Å². The smallest absolute Gasteiger partial charge is 0.132 e. The fraction of sp³-hybridized carbons (Fsp3) is 0.667. The molecule has 2 fully saturated rings. The Morgan fingerprint density at radius 2 is 2.06 bits per heavy atom. The molecule has 4 heteroatoms. The molecule has 1 saturated heterocycles. The third-order valence-electron chi connectivity index (χ3n) is 4.11. The highest BCUT2D eigenvalue weighted by Gasteiger charge is 2.52. The third kappa shape index (κ3) is 1.57. The molecule has 0 radical (unpaired) electrons. The van der Waals surface area contributed by atoms with Crippen LogP contribution < -0.4 is 10.6 Å². The van der Waals surface area contributed by atoms with Gasteiger partial charge in [-0.05, 0) is 44.7 Å². The molecule has 2 unspecified atom stereocenters. The molecule has 1 aliphatic heterocycles. The molecule has 0 bridgehead atoms. The molecule has 0 amide bonds. The van der Waals surface area contributed by atoms with Gasteiger partial charge in [0.1, 0.15) is 12.1 Å². The van der Waals surface area contributed by atoms with Crippen LogP contribution in [-0.4, -0.2) is 29.6 Å². The monoisotopic (exact) mass is 218 g/mol. The molecular weight excluding hydrogens is 200 g/mol. The Morgan fingerprint density at radius 3 is 2.81 bits per heavy atom. The topological polar surface area (TPSA) is 49.8 Å². The molecule has 0 spiro atoms. The summed E-state index contributed by atoms with van der Waals surface area (Å²) < 4.78 is 0. The Labute approximate surface area is 95.9 Å². The standard InChI is InChI=1S/C12H18N4/c1-7-8(2)15-6-16-12(7)14-5-11-9-3-13-4-10(9)11/h6,9-11,13H,3-5H2,1-2H3,(H,14,15,16). The van der Waals surface area contributed by atoms with Gasteiger partial charge in [-0.15, -0.1) is 0 Å². The van der Waals surface area contributed by atoms with Crippen molar-refractivity contribution in [3.63, 3.8) is 0 Å². The SMILES string of the molecule is Cc1ncnc(NCC2C3CNCC32)c1C. The fourth-order valence-corrected chi connectivity index (χ4v) is 2.78. The second-order valence-electron chi connectivity index (χ2n) is 4.96. The zero-order valence-electron chi connectivity index (χ0n) is 9.83. The summed E-state index contributed by atoms with van der Waals surface area (Å²) in [5, 5.41) is 6.88. The highest BCUT2D eigenvalue weighted by atomic mass is 15.0. The summed E-state index contributed by atoms with van der Waals surface area (Å²) >= 11 is 0. The molecule has 2 N–H and O–H groups in total. The first-order chi connectivity index (χ1) is 7.77. The van der Waals surface area contributed by atoms with Gasteiger partial charge in [-0.1, -0.05) is 0 Å². The van der Waals surface area contributed by atoms with Crippen molar-refractivity contribution in [1.29, 1.82) is 0 Å². The predicted molar refractivity (Wildman–Crippen MR) is 63.3 cm³/mol. The van der Waals surface area contributed by atoms with Gasteiger partial charge in [-0.3, -0.25) is 0 Å². The van der Waals surface area contributed by atoms with E-state index in [-0.39, 0.29) is 0 Å². The Balaban J connectivity index is 1.61. The lowest BCUT2D eigenvalue weighted by atomic mass is 10.2. The maximum Gasteiger partial charge on any atom is 0.132 e. The first-order valence-corrected chi connectivity index (χ1v) is 6.00. The number of rotatable bonds is 3. The normalized spacial score (nSPS) is 31.2. The molecule has 0 aromatic carbocycles. The quantitative estimate of drug-likeness (QED) is 0.793. The minimum absolute atomic E-state index is 0.857. The van der Waals surface area contributed by atoms with Gasteiger partial charge < -0.3 is 10.6 Å². The summed E-state index contributed by atoms with van der Waals surface area (Å²) in [7, 11) is 0. The summed E-state index contributed by atoms with van der Waals surface area (Å²) in [4.78, 5) is 8.47. The Kier molecular flexibility index (Phi) is 2.32. The molecule has 1 aliphatic carbocycles. The van der Waals surface area contributed by atoms with Crippen LogP contribution in [0.2, 0.25) is 0 Å². The van der Waals surface area contributed by atoms with Gasteiger partial charge in [0.2, 0.25) is 0 Å². The second kappa shape index (κ2) is 3.70. The molecule has 1 saturated carbocycles. The zero-order chi connectivity index (χ0) is 11.1. The number of nitrogens with one attached hydrogen (secondary N) is 2. The van der Waals surface area contributed by atoms with Crippen molar-refractivity contribution in [1.82, 2.24) is 15.3 Å². The van der Waals surface area contributed by atoms with Crippen LogP contribution in [0, 0.1) is 31.6 Å². The Hall–Kier alpha value is -1.16. The predicted octanol–water partition coefficient (Wildman–Crippen LogP) is 0.971. The summed E-state index contributed by atoms with van der Waals surface area (Å²) in [6.45, 7) is 7.58. The number of piperidine rings is 1. The zero-order valence-corrected chi connectivity index (χ0v) is 9.83. The van der Waals surface area contributed by atoms with Crippen LogP contribution in [0.5, 0.6) is 0 Å². The lowest BCUT2D eigenvalue weighted by Crippen LogP contribution is -2.19. The summed E-state index contributed by atoms with van der Waals surface area (Å²) in [6, 6.07) is 0. The van der Waals surface area contributed by atoms with E-state index in [1.807, 2.05) is 6.92 Å². The van der Waals surface area contributed by atoms with Crippen LogP contribution in [0.1, 0.15) is 11.3 Å². The number of nitrogens with zero attached hydrogens (tertiary/aromatic N) is 2. The number of hydrogen-bond acceptors (Lipinski definition) is 4. The van der Waals surface area contributed by atoms with Gasteiger partial charge in [0, 0.05) is 17.8 Å². The average Bonchev–Trinajstić information content (AvgIpc) is 2.73. The number of hydrogen-bond donors (Lipinski definition) is 2. The van der Waals surface area contributed by atoms with E-state index in [0.717, 1.165) is 35.8 Å². The molecule has 2 heterocycles. The van der Waals surface area contributed by atoms with Gasteiger partial charge in [0.05, 0.1) is 0 Å². The van der Waals surface area contributed by atoms with Gasteiger partial charge in [-0.25, -0.2) is 9.97 Å². The van der Waals surface area contributed by atoms with Crippen molar-refractivity contribution in [2.75, 3.05) is 25.0 Å². The molecule has 1 aromatic heterocycles. The summed E-state index contributed by atoms with van der Waals surface area (Å²) in [5.74, 6) is 3.69. The lowest BCUT2D eigenvalue weighted by Gasteiger charge is -2.10. The minimum atomic E-state index is 0.857.